The average Bonchev–Trinajstić information content (AvgIpc) is 3.55. The standard InChI is InChI=1S/C28H30N4O.ClH/c1-21(23-10-4-3-5-11-23)32-28(29-27(30-32)24-13-15-26(33-2)16-14-24)25-12-8-9-22(19-25)20-31-17-6-7-18-31;/h3-5,8-16,19,21H,6-7,17-18,20H2,1-2H3;1H. The Morgan fingerprint density at radius 2 is 1.62 bits per heavy atom. The number of ether oxygens (including phenoxy) is 1. The maximum Gasteiger partial charge on any atom is 0.181 e. The van der Waals surface area contributed by atoms with Gasteiger partial charge in [-0.3, -0.25) is 4.90 Å². The molecule has 0 aliphatic carbocycles. The molecule has 5 rings (SSSR count). The molecule has 0 saturated carbocycles. The first kappa shape index (κ1) is 24.0. The predicted octanol–water partition coefficient (Wildman–Crippen LogP) is 6.25. The predicted molar refractivity (Wildman–Crippen MR) is 139 cm³/mol. The third-order valence-corrected chi connectivity index (χ3v) is 6.42. The molecule has 1 atom stereocenters. The second kappa shape index (κ2) is 10.9. The lowest BCUT2D eigenvalue weighted by molar-refractivity contribution is 0.331. The molecular formula is C28H31ClN4O. The second-order valence-electron chi connectivity index (χ2n) is 8.70. The van der Waals surface area contributed by atoms with Gasteiger partial charge in [-0.2, -0.15) is 0 Å². The molecule has 0 spiro atoms. The number of rotatable bonds is 7. The second-order valence-corrected chi connectivity index (χ2v) is 8.70. The highest BCUT2D eigenvalue weighted by molar-refractivity contribution is 5.85. The van der Waals surface area contributed by atoms with Gasteiger partial charge >= 0.3 is 0 Å². The highest BCUT2D eigenvalue weighted by atomic mass is 35.5. The van der Waals surface area contributed by atoms with Gasteiger partial charge in [0.25, 0.3) is 0 Å². The average molecular weight is 475 g/mol. The van der Waals surface area contributed by atoms with E-state index in [2.05, 4.69) is 65.0 Å². The summed E-state index contributed by atoms with van der Waals surface area (Å²) in [7, 11) is 1.68. The lowest BCUT2D eigenvalue weighted by Crippen LogP contribution is -2.18. The Labute approximate surface area is 207 Å². The van der Waals surface area contributed by atoms with Crippen LogP contribution in [-0.2, 0) is 6.54 Å². The van der Waals surface area contributed by atoms with Crippen LogP contribution in [0.1, 0.15) is 36.9 Å². The van der Waals surface area contributed by atoms with E-state index in [1.165, 1.54) is 37.1 Å². The third kappa shape index (κ3) is 5.16. The van der Waals surface area contributed by atoms with Gasteiger partial charge in [0.15, 0.2) is 11.6 Å². The maximum absolute atomic E-state index is 5.32. The van der Waals surface area contributed by atoms with Crippen LogP contribution in [0.25, 0.3) is 22.8 Å². The Hall–Kier alpha value is -3.15. The molecule has 1 aliphatic rings. The van der Waals surface area contributed by atoms with Crippen molar-refractivity contribution in [2.75, 3.05) is 20.2 Å². The number of aromatic nitrogens is 3. The van der Waals surface area contributed by atoms with Gasteiger partial charge in [-0.05, 0) is 74.3 Å². The molecule has 0 bridgehead atoms. The molecule has 0 N–H and O–H groups in total. The lowest BCUT2D eigenvalue weighted by Gasteiger charge is -2.17. The number of hydrogen-bond acceptors (Lipinski definition) is 4. The van der Waals surface area contributed by atoms with Crippen molar-refractivity contribution >= 4 is 12.4 Å². The Bertz CT molecular complexity index is 1200. The third-order valence-electron chi connectivity index (χ3n) is 6.42. The van der Waals surface area contributed by atoms with Gasteiger partial charge in [0.05, 0.1) is 13.2 Å². The van der Waals surface area contributed by atoms with E-state index < -0.39 is 0 Å². The molecule has 34 heavy (non-hydrogen) atoms. The van der Waals surface area contributed by atoms with Crippen LogP contribution >= 0.6 is 12.4 Å². The highest BCUT2D eigenvalue weighted by Gasteiger charge is 2.20. The molecule has 1 aromatic heterocycles. The van der Waals surface area contributed by atoms with Crippen molar-refractivity contribution in [3.8, 4) is 28.5 Å². The quantitative estimate of drug-likeness (QED) is 0.317. The molecule has 4 aromatic rings. The van der Waals surface area contributed by atoms with E-state index in [1.807, 2.05) is 30.3 Å². The van der Waals surface area contributed by atoms with Crippen LogP contribution in [0.2, 0.25) is 0 Å². The normalized spacial score (nSPS) is 14.5. The minimum atomic E-state index is 0. The van der Waals surface area contributed by atoms with Crippen molar-refractivity contribution in [1.29, 1.82) is 0 Å². The van der Waals surface area contributed by atoms with Crippen molar-refractivity contribution in [2.24, 2.45) is 0 Å². The molecule has 0 amide bonds. The number of hydrogen-bond donors (Lipinski definition) is 0. The molecule has 1 unspecified atom stereocenters. The van der Waals surface area contributed by atoms with Gasteiger partial charge < -0.3 is 4.74 Å². The van der Waals surface area contributed by atoms with Crippen LogP contribution in [0.3, 0.4) is 0 Å². The van der Waals surface area contributed by atoms with Crippen LogP contribution < -0.4 is 4.74 Å². The molecule has 3 aromatic carbocycles. The van der Waals surface area contributed by atoms with Crippen molar-refractivity contribution in [3.05, 3.63) is 90.0 Å². The summed E-state index contributed by atoms with van der Waals surface area (Å²) in [6, 6.07) is 27.2. The number of halogens is 1. The molecule has 176 valence electrons. The van der Waals surface area contributed by atoms with Gasteiger partial charge in [0.2, 0.25) is 0 Å². The number of nitrogens with zero attached hydrogens (tertiary/aromatic N) is 4. The first-order valence-electron chi connectivity index (χ1n) is 11.7. The van der Waals surface area contributed by atoms with Crippen molar-refractivity contribution < 1.29 is 4.74 Å². The minimum absolute atomic E-state index is 0. The minimum Gasteiger partial charge on any atom is -0.497 e. The summed E-state index contributed by atoms with van der Waals surface area (Å²) in [5.41, 5.74) is 4.60. The SMILES string of the molecule is COc1ccc(-c2nc(-c3cccc(CN4CCCC4)c3)n(C(C)c3ccccc3)n2)cc1.Cl. The van der Waals surface area contributed by atoms with Gasteiger partial charge in [-0.15, -0.1) is 17.5 Å². The molecule has 0 radical (unpaired) electrons. The van der Waals surface area contributed by atoms with Crippen LogP contribution in [-0.4, -0.2) is 39.9 Å². The summed E-state index contributed by atoms with van der Waals surface area (Å²) in [5, 5.41) is 4.98. The van der Waals surface area contributed by atoms with Crippen LogP contribution in [0.5, 0.6) is 5.75 Å². The molecule has 2 heterocycles. The van der Waals surface area contributed by atoms with Gasteiger partial charge in [0.1, 0.15) is 5.75 Å². The monoisotopic (exact) mass is 474 g/mol. The molecule has 6 heteroatoms. The van der Waals surface area contributed by atoms with Crippen LogP contribution in [0, 0.1) is 0 Å². The Morgan fingerprint density at radius 3 is 2.32 bits per heavy atom. The zero-order valence-corrected chi connectivity index (χ0v) is 20.5. The van der Waals surface area contributed by atoms with E-state index in [1.54, 1.807) is 7.11 Å². The summed E-state index contributed by atoms with van der Waals surface area (Å²) in [6.07, 6.45) is 2.60. The first-order chi connectivity index (χ1) is 16.2. The lowest BCUT2D eigenvalue weighted by atomic mass is 10.1. The molecular weight excluding hydrogens is 444 g/mol. The maximum atomic E-state index is 5.32. The zero-order chi connectivity index (χ0) is 22.6. The van der Waals surface area contributed by atoms with E-state index in [4.69, 9.17) is 14.8 Å². The number of likely N-dealkylation sites (tertiary alicyclic amines) is 1. The fourth-order valence-electron chi connectivity index (χ4n) is 4.53. The van der Waals surface area contributed by atoms with Crippen LogP contribution in [0.15, 0.2) is 78.9 Å². The van der Waals surface area contributed by atoms with Crippen LogP contribution in [0.4, 0.5) is 0 Å². The first-order valence-corrected chi connectivity index (χ1v) is 11.7. The highest BCUT2D eigenvalue weighted by Crippen LogP contribution is 2.29. The van der Waals surface area contributed by atoms with Gasteiger partial charge in [-0.25, -0.2) is 9.67 Å². The summed E-state index contributed by atoms with van der Waals surface area (Å²) < 4.78 is 7.38. The summed E-state index contributed by atoms with van der Waals surface area (Å²) in [6.45, 7) is 5.54. The topological polar surface area (TPSA) is 43.2 Å². The van der Waals surface area contributed by atoms with Gasteiger partial charge in [0, 0.05) is 17.7 Å². The summed E-state index contributed by atoms with van der Waals surface area (Å²) in [5.74, 6) is 2.44. The smallest absolute Gasteiger partial charge is 0.181 e. The Balaban J connectivity index is 0.00000274. The Morgan fingerprint density at radius 1 is 0.882 bits per heavy atom. The Kier molecular flexibility index (Phi) is 7.66. The largest absolute Gasteiger partial charge is 0.497 e. The van der Waals surface area contributed by atoms with E-state index in [9.17, 15) is 0 Å². The van der Waals surface area contributed by atoms with E-state index in [0.29, 0.717) is 0 Å². The van der Waals surface area contributed by atoms with E-state index in [-0.39, 0.29) is 18.4 Å². The van der Waals surface area contributed by atoms with Crippen molar-refractivity contribution in [1.82, 2.24) is 19.7 Å². The number of methoxy groups -OCH3 is 1. The van der Waals surface area contributed by atoms with Gasteiger partial charge in [-0.1, -0.05) is 48.5 Å². The molecule has 1 aliphatic heterocycles. The van der Waals surface area contributed by atoms with Crippen molar-refractivity contribution in [3.63, 3.8) is 0 Å². The van der Waals surface area contributed by atoms with E-state index >= 15 is 0 Å². The van der Waals surface area contributed by atoms with Crippen molar-refractivity contribution in [2.45, 2.75) is 32.4 Å². The zero-order valence-electron chi connectivity index (χ0n) is 19.7. The number of benzene rings is 3. The summed E-state index contributed by atoms with van der Waals surface area (Å²) in [4.78, 5) is 7.55. The van der Waals surface area contributed by atoms with E-state index in [0.717, 1.165) is 35.1 Å². The molecule has 1 fully saturated rings. The molecule has 5 nitrogen and oxygen atoms in total. The summed E-state index contributed by atoms with van der Waals surface area (Å²) >= 11 is 0. The molecule has 1 saturated heterocycles. The fraction of sp³-hybridized carbons (Fsp3) is 0.286. The fourth-order valence-corrected chi connectivity index (χ4v) is 4.53.